The van der Waals surface area contributed by atoms with Crippen LogP contribution in [0.2, 0.25) is 0 Å². The molecule has 3 aromatic rings. The van der Waals surface area contributed by atoms with Gasteiger partial charge in [0.2, 0.25) is 5.89 Å². The molecule has 0 fully saturated rings. The van der Waals surface area contributed by atoms with E-state index in [1.54, 1.807) is 11.3 Å². The third-order valence-corrected chi connectivity index (χ3v) is 5.23. The summed E-state index contributed by atoms with van der Waals surface area (Å²) in [6.07, 6.45) is 1.26. The van der Waals surface area contributed by atoms with Gasteiger partial charge in [-0.2, -0.15) is 0 Å². The van der Waals surface area contributed by atoms with Crippen LogP contribution in [0.5, 0.6) is 5.75 Å². The van der Waals surface area contributed by atoms with Crippen LogP contribution < -0.4 is 4.74 Å². The van der Waals surface area contributed by atoms with Gasteiger partial charge in [0, 0.05) is 17.9 Å². The maximum atomic E-state index is 8.49. The smallest absolute Gasteiger partial charge is 0.236 e. The highest BCUT2D eigenvalue weighted by atomic mass is 32.1. The SMILES string of the molecule is CCO[C@H](CN=[N+]=[N-])Cc1ccc(OCCc2nc(-c3cccs3)oc2C)cc1. The molecule has 0 radical (unpaired) electrons. The standard InChI is InChI=1S/C21H24N4O3S/c1-3-26-18(14-23-25-22)13-16-6-8-17(9-7-16)27-11-10-19-15(2)28-21(24-19)20-5-4-12-29-20/h4-9,12,18H,3,10-11,13-14H2,1-2H3/t18-/m0/s1. The number of aryl methyl sites for hydroxylation is 1. The zero-order valence-electron chi connectivity index (χ0n) is 16.6. The highest BCUT2D eigenvalue weighted by Crippen LogP contribution is 2.26. The Kier molecular flexibility index (Phi) is 7.69. The Balaban J connectivity index is 1.51. The molecule has 0 saturated carbocycles. The summed E-state index contributed by atoms with van der Waals surface area (Å²) in [5.41, 5.74) is 10.5. The van der Waals surface area contributed by atoms with Crippen molar-refractivity contribution in [2.24, 2.45) is 5.11 Å². The second kappa shape index (κ2) is 10.7. The first-order chi connectivity index (χ1) is 14.2. The Morgan fingerprint density at radius 3 is 2.79 bits per heavy atom. The molecule has 0 aliphatic carbocycles. The molecular weight excluding hydrogens is 388 g/mol. The predicted octanol–water partition coefficient (Wildman–Crippen LogP) is 5.59. The highest BCUT2D eigenvalue weighted by Gasteiger charge is 2.12. The lowest BCUT2D eigenvalue weighted by Gasteiger charge is -2.15. The summed E-state index contributed by atoms with van der Waals surface area (Å²) in [5.74, 6) is 2.30. The van der Waals surface area contributed by atoms with E-state index in [1.807, 2.05) is 55.6 Å². The number of ether oxygens (including phenoxy) is 2. The molecule has 0 unspecified atom stereocenters. The number of nitrogens with zero attached hydrogens (tertiary/aromatic N) is 4. The van der Waals surface area contributed by atoms with Crippen LogP contribution in [0.3, 0.4) is 0 Å². The van der Waals surface area contributed by atoms with E-state index in [0.29, 0.717) is 38.5 Å². The summed E-state index contributed by atoms with van der Waals surface area (Å²) in [6, 6.07) is 11.9. The Bertz CT molecular complexity index is 932. The van der Waals surface area contributed by atoms with Gasteiger partial charge in [-0.25, -0.2) is 4.98 Å². The zero-order chi connectivity index (χ0) is 20.5. The van der Waals surface area contributed by atoms with Gasteiger partial charge in [-0.15, -0.1) is 11.3 Å². The maximum absolute atomic E-state index is 8.49. The van der Waals surface area contributed by atoms with E-state index in [2.05, 4.69) is 15.0 Å². The zero-order valence-corrected chi connectivity index (χ0v) is 17.4. The van der Waals surface area contributed by atoms with Gasteiger partial charge in [0.1, 0.15) is 11.5 Å². The number of hydrogen-bond donors (Lipinski definition) is 0. The molecule has 152 valence electrons. The van der Waals surface area contributed by atoms with Crippen LogP contribution in [0.15, 0.2) is 51.3 Å². The average Bonchev–Trinajstić information content (AvgIpc) is 3.38. The predicted molar refractivity (Wildman–Crippen MR) is 113 cm³/mol. The minimum absolute atomic E-state index is 0.115. The fourth-order valence-corrected chi connectivity index (χ4v) is 3.60. The Morgan fingerprint density at radius 2 is 2.10 bits per heavy atom. The number of rotatable bonds is 11. The monoisotopic (exact) mass is 412 g/mol. The van der Waals surface area contributed by atoms with Crippen molar-refractivity contribution in [1.29, 1.82) is 0 Å². The van der Waals surface area contributed by atoms with Crippen LogP contribution in [-0.2, 0) is 17.6 Å². The largest absolute Gasteiger partial charge is 0.493 e. The molecule has 0 saturated heterocycles. The number of hydrogen-bond acceptors (Lipinski definition) is 6. The lowest BCUT2D eigenvalue weighted by Crippen LogP contribution is -2.19. The quantitative estimate of drug-likeness (QED) is 0.233. The van der Waals surface area contributed by atoms with Crippen LogP contribution in [0.4, 0.5) is 0 Å². The van der Waals surface area contributed by atoms with E-state index in [1.165, 1.54) is 0 Å². The molecule has 29 heavy (non-hydrogen) atoms. The normalized spacial score (nSPS) is 11.8. The minimum atomic E-state index is -0.115. The molecule has 2 aromatic heterocycles. The molecule has 8 heteroatoms. The molecule has 0 bridgehead atoms. The van der Waals surface area contributed by atoms with Crippen molar-refractivity contribution in [3.8, 4) is 16.5 Å². The number of thiophene rings is 1. The summed E-state index contributed by atoms with van der Waals surface area (Å²) in [4.78, 5) is 8.43. The van der Waals surface area contributed by atoms with Crippen molar-refractivity contribution in [2.75, 3.05) is 19.8 Å². The van der Waals surface area contributed by atoms with Crippen LogP contribution in [0.25, 0.3) is 21.2 Å². The van der Waals surface area contributed by atoms with Gasteiger partial charge in [-0.3, -0.25) is 0 Å². The van der Waals surface area contributed by atoms with Crippen molar-refractivity contribution in [3.63, 3.8) is 0 Å². The molecule has 1 aromatic carbocycles. The molecule has 0 N–H and O–H groups in total. The van der Waals surface area contributed by atoms with E-state index < -0.39 is 0 Å². The third kappa shape index (κ3) is 6.09. The van der Waals surface area contributed by atoms with Gasteiger partial charge in [0.25, 0.3) is 0 Å². The Morgan fingerprint density at radius 1 is 1.28 bits per heavy atom. The lowest BCUT2D eigenvalue weighted by atomic mass is 10.1. The molecule has 0 amide bonds. The number of aromatic nitrogens is 1. The van der Waals surface area contributed by atoms with Gasteiger partial charge in [-0.05, 0) is 54.9 Å². The van der Waals surface area contributed by atoms with Crippen molar-refractivity contribution in [2.45, 2.75) is 32.8 Å². The third-order valence-electron chi connectivity index (χ3n) is 4.37. The van der Waals surface area contributed by atoms with Gasteiger partial charge in [0.15, 0.2) is 0 Å². The van der Waals surface area contributed by atoms with Gasteiger partial charge in [0.05, 0.1) is 29.8 Å². The topological polar surface area (TPSA) is 93.2 Å². The summed E-state index contributed by atoms with van der Waals surface area (Å²) in [6.45, 7) is 5.30. The molecule has 3 rings (SSSR count). The first kappa shape index (κ1) is 20.9. The Labute approximate surface area is 173 Å². The second-order valence-corrected chi connectivity index (χ2v) is 7.38. The molecule has 0 aliphatic rings. The van der Waals surface area contributed by atoms with Crippen molar-refractivity contribution >= 4 is 11.3 Å². The van der Waals surface area contributed by atoms with Gasteiger partial charge < -0.3 is 13.9 Å². The van der Waals surface area contributed by atoms with Crippen LogP contribution in [0, 0.1) is 6.92 Å². The maximum Gasteiger partial charge on any atom is 0.236 e. The van der Waals surface area contributed by atoms with Crippen LogP contribution in [0.1, 0.15) is 23.9 Å². The van der Waals surface area contributed by atoms with Crippen molar-refractivity contribution in [3.05, 3.63) is 69.2 Å². The first-order valence-electron chi connectivity index (χ1n) is 9.54. The highest BCUT2D eigenvalue weighted by molar-refractivity contribution is 7.13. The summed E-state index contributed by atoms with van der Waals surface area (Å²) in [5, 5.41) is 5.63. The molecule has 1 atom stereocenters. The fourth-order valence-electron chi connectivity index (χ4n) is 2.96. The van der Waals surface area contributed by atoms with Crippen molar-refractivity contribution in [1.82, 2.24) is 4.98 Å². The number of azide groups is 1. The molecular formula is C21H24N4O3S. The Hall–Kier alpha value is -2.80. The molecule has 0 spiro atoms. The van der Waals surface area contributed by atoms with E-state index in [9.17, 15) is 0 Å². The van der Waals surface area contributed by atoms with E-state index >= 15 is 0 Å². The fraction of sp³-hybridized carbons (Fsp3) is 0.381. The van der Waals surface area contributed by atoms with E-state index in [4.69, 9.17) is 19.4 Å². The first-order valence-corrected chi connectivity index (χ1v) is 10.4. The summed E-state index contributed by atoms with van der Waals surface area (Å²) >= 11 is 1.61. The summed E-state index contributed by atoms with van der Waals surface area (Å²) < 4.78 is 17.2. The average molecular weight is 413 g/mol. The minimum Gasteiger partial charge on any atom is -0.493 e. The lowest BCUT2D eigenvalue weighted by molar-refractivity contribution is 0.0695. The van der Waals surface area contributed by atoms with E-state index in [-0.39, 0.29) is 6.10 Å². The van der Waals surface area contributed by atoms with Gasteiger partial charge in [-0.1, -0.05) is 23.3 Å². The van der Waals surface area contributed by atoms with Crippen LogP contribution >= 0.6 is 11.3 Å². The number of benzene rings is 1. The van der Waals surface area contributed by atoms with E-state index in [0.717, 1.165) is 27.6 Å². The summed E-state index contributed by atoms with van der Waals surface area (Å²) in [7, 11) is 0. The number of oxazole rings is 1. The van der Waals surface area contributed by atoms with Crippen LogP contribution in [-0.4, -0.2) is 30.8 Å². The van der Waals surface area contributed by atoms with Crippen molar-refractivity contribution < 1.29 is 13.9 Å². The van der Waals surface area contributed by atoms with Gasteiger partial charge >= 0.3 is 0 Å². The second-order valence-electron chi connectivity index (χ2n) is 6.44. The molecule has 0 aliphatic heterocycles. The molecule has 7 nitrogen and oxygen atoms in total. The molecule has 2 heterocycles.